The summed E-state index contributed by atoms with van der Waals surface area (Å²) >= 11 is 0. The van der Waals surface area contributed by atoms with Crippen molar-refractivity contribution in [2.75, 3.05) is 50.2 Å². The zero-order chi connectivity index (χ0) is 28.8. The number of nitrogens with one attached hydrogen (secondary N) is 2. The highest BCUT2D eigenvalue weighted by Crippen LogP contribution is 2.53. The van der Waals surface area contributed by atoms with Crippen LogP contribution in [0.4, 0.5) is 17.6 Å². The minimum atomic E-state index is -0.249. The summed E-state index contributed by atoms with van der Waals surface area (Å²) in [6.07, 6.45) is 11.1. The van der Waals surface area contributed by atoms with Gasteiger partial charge in [0, 0.05) is 41.7 Å². The average molecular weight is 558 g/mol. The number of hydrogen-bond donors (Lipinski definition) is 2. The maximum Gasteiger partial charge on any atom is 0.229 e. The van der Waals surface area contributed by atoms with Crippen LogP contribution in [-0.2, 0) is 20.4 Å². The quantitative estimate of drug-likeness (QED) is 0.446. The van der Waals surface area contributed by atoms with Gasteiger partial charge in [-0.3, -0.25) is 0 Å². The SMILES string of the molecule is C=C(/C=C\C(=C/C)Nc1ncc2c(n1)N(c1cccc(C3(NC)CC3)n1)[C@@H]1CC(C)(C)OC[C@]21C)N1CCOCC1. The van der Waals surface area contributed by atoms with Gasteiger partial charge in [0.05, 0.1) is 42.7 Å². The largest absolute Gasteiger partial charge is 0.378 e. The van der Waals surface area contributed by atoms with Gasteiger partial charge in [0.1, 0.15) is 11.6 Å². The number of allylic oxidation sites excluding steroid dienone is 3. The molecule has 2 saturated heterocycles. The first-order chi connectivity index (χ1) is 19.7. The van der Waals surface area contributed by atoms with Crippen molar-refractivity contribution in [3.05, 3.63) is 71.9 Å². The van der Waals surface area contributed by atoms with Crippen molar-refractivity contribution in [3.8, 4) is 0 Å². The molecule has 2 atom stereocenters. The van der Waals surface area contributed by atoms with Crippen LogP contribution in [0.3, 0.4) is 0 Å². The summed E-state index contributed by atoms with van der Waals surface area (Å²) in [4.78, 5) is 19.7. The monoisotopic (exact) mass is 557 g/mol. The molecule has 0 bridgehead atoms. The Hall–Kier alpha value is -3.27. The Morgan fingerprint density at radius 3 is 2.61 bits per heavy atom. The number of ether oxygens (including phenoxy) is 2. The number of nitrogens with zero attached hydrogens (tertiary/aromatic N) is 5. The maximum atomic E-state index is 6.38. The van der Waals surface area contributed by atoms with Gasteiger partial charge in [0.2, 0.25) is 5.95 Å². The fraction of sp³-hybridized carbons (Fsp3) is 0.531. The van der Waals surface area contributed by atoms with Crippen molar-refractivity contribution in [1.29, 1.82) is 0 Å². The van der Waals surface area contributed by atoms with E-state index in [9.17, 15) is 0 Å². The highest BCUT2D eigenvalue weighted by atomic mass is 16.5. The highest BCUT2D eigenvalue weighted by molar-refractivity contribution is 5.70. The van der Waals surface area contributed by atoms with Gasteiger partial charge in [-0.1, -0.05) is 25.6 Å². The molecule has 9 heteroatoms. The number of aromatic nitrogens is 3. The second-order valence-corrected chi connectivity index (χ2v) is 12.5. The zero-order valence-corrected chi connectivity index (χ0v) is 25.0. The molecule has 41 heavy (non-hydrogen) atoms. The fourth-order valence-corrected chi connectivity index (χ4v) is 6.32. The predicted octanol–water partition coefficient (Wildman–Crippen LogP) is 4.77. The molecule has 6 rings (SSSR count). The van der Waals surface area contributed by atoms with Crippen LogP contribution in [0.1, 0.15) is 58.2 Å². The van der Waals surface area contributed by atoms with E-state index in [-0.39, 0.29) is 22.6 Å². The molecular formula is C32H43N7O2. The molecule has 4 aliphatic rings. The van der Waals surface area contributed by atoms with Crippen LogP contribution < -0.4 is 15.5 Å². The van der Waals surface area contributed by atoms with Gasteiger partial charge in [0.25, 0.3) is 0 Å². The summed E-state index contributed by atoms with van der Waals surface area (Å²) in [5, 5.41) is 6.93. The van der Waals surface area contributed by atoms with E-state index < -0.39 is 0 Å². The van der Waals surface area contributed by atoms with Crippen LogP contribution in [0, 0.1) is 0 Å². The van der Waals surface area contributed by atoms with Crippen LogP contribution in [0.25, 0.3) is 0 Å². The molecule has 9 nitrogen and oxygen atoms in total. The minimum absolute atomic E-state index is 0.0203. The summed E-state index contributed by atoms with van der Waals surface area (Å²) < 4.78 is 11.9. The molecular weight excluding hydrogens is 514 g/mol. The maximum absolute atomic E-state index is 6.38. The van der Waals surface area contributed by atoms with Crippen LogP contribution in [0.15, 0.2) is 60.6 Å². The van der Waals surface area contributed by atoms with Crippen LogP contribution in [-0.4, -0.2) is 71.5 Å². The van der Waals surface area contributed by atoms with Gasteiger partial charge in [-0.05, 0) is 71.4 Å². The van der Waals surface area contributed by atoms with Crippen molar-refractivity contribution >= 4 is 17.6 Å². The molecule has 0 aromatic carbocycles. The first-order valence-corrected chi connectivity index (χ1v) is 14.8. The van der Waals surface area contributed by atoms with Gasteiger partial charge < -0.3 is 29.9 Å². The van der Waals surface area contributed by atoms with Crippen molar-refractivity contribution in [2.45, 2.75) is 69.6 Å². The second kappa shape index (κ2) is 10.5. The molecule has 1 saturated carbocycles. The summed E-state index contributed by atoms with van der Waals surface area (Å²) in [5.74, 6) is 2.37. The summed E-state index contributed by atoms with van der Waals surface area (Å²) in [5.41, 5.74) is 3.55. The van der Waals surface area contributed by atoms with E-state index in [1.165, 1.54) is 0 Å². The molecule has 2 aromatic heterocycles. The lowest BCUT2D eigenvalue weighted by Crippen LogP contribution is -2.54. The molecule has 2 N–H and O–H groups in total. The van der Waals surface area contributed by atoms with E-state index >= 15 is 0 Å². The van der Waals surface area contributed by atoms with Gasteiger partial charge in [0.15, 0.2) is 0 Å². The third kappa shape index (κ3) is 5.15. The van der Waals surface area contributed by atoms with E-state index in [2.05, 4.69) is 66.0 Å². The molecule has 0 radical (unpaired) electrons. The molecule has 3 aliphatic heterocycles. The number of fused-ring (bicyclic) bond motifs is 3. The lowest BCUT2D eigenvalue weighted by molar-refractivity contribution is -0.0893. The Bertz CT molecular complexity index is 1380. The van der Waals surface area contributed by atoms with Crippen LogP contribution in [0.2, 0.25) is 0 Å². The highest BCUT2D eigenvalue weighted by Gasteiger charge is 2.55. The Labute approximate surface area is 243 Å². The number of morpholine rings is 1. The number of rotatable bonds is 8. The lowest BCUT2D eigenvalue weighted by Gasteiger charge is -2.46. The van der Waals surface area contributed by atoms with Crippen LogP contribution in [0.5, 0.6) is 0 Å². The van der Waals surface area contributed by atoms with E-state index in [1.807, 2.05) is 38.4 Å². The molecule has 5 heterocycles. The Kier molecular flexibility index (Phi) is 7.16. The van der Waals surface area contributed by atoms with E-state index in [0.717, 1.165) is 79.9 Å². The zero-order valence-electron chi connectivity index (χ0n) is 25.0. The van der Waals surface area contributed by atoms with Gasteiger partial charge in [-0.2, -0.15) is 4.98 Å². The summed E-state index contributed by atoms with van der Waals surface area (Å²) in [7, 11) is 2.03. The third-order valence-electron chi connectivity index (χ3n) is 9.25. The topological polar surface area (TPSA) is 87.7 Å². The van der Waals surface area contributed by atoms with Crippen molar-refractivity contribution in [1.82, 2.24) is 25.2 Å². The molecule has 0 amide bonds. The smallest absolute Gasteiger partial charge is 0.229 e. The van der Waals surface area contributed by atoms with Crippen molar-refractivity contribution in [2.24, 2.45) is 0 Å². The minimum Gasteiger partial charge on any atom is -0.378 e. The Morgan fingerprint density at radius 1 is 1.12 bits per heavy atom. The molecule has 3 fully saturated rings. The molecule has 0 spiro atoms. The van der Waals surface area contributed by atoms with Crippen LogP contribution >= 0.6 is 0 Å². The fourth-order valence-electron chi connectivity index (χ4n) is 6.32. The van der Waals surface area contributed by atoms with Gasteiger partial charge in [-0.25, -0.2) is 9.97 Å². The normalized spacial score (nSPS) is 26.6. The van der Waals surface area contributed by atoms with Gasteiger partial charge in [-0.15, -0.1) is 0 Å². The summed E-state index contributed by atoms with van der Waals surface area (Å²) in [6, 6.07) is 6.52. The number of anilines is 3. The van der Waals surface area contributed by atoms with Gasteiger partial charge >= 0.3 is 0 Å². The first-order valence-electron chi connectivity index (χ1n) is 14.8. The van der Waals surface area contributed by atoms with E-state index in [1.54, 1.807) is 0 Å². The molecule has 0 unspecified atom stereocenters. The molecule has 1 aliphatic carbocycles. The van der Waals surface area contributed by atoms with Crippen molar-refractivity contribution in [3.63, 3.8) is 0 Å². The Morgan fingerprint density at radius 2 is 1.90 bits per heavy atom. The van der Waals surface area contributed by atoms with E-state index in [4.69, 9.17) is 24.4 Å². The Balaban J connectivity index is 1.32. The number of pyridine rings is 1. The average Bonchev–Trinajstić information content (AvgIpc) is 3.75. The lowest BCUT2D eigenvalue weighted by atomic mass is 9.73. The second-order valence-electron chi connectivity index (χ2n) is 12.5. The first kappa shape index (κ1) is 27.9. The van der Waals surface area contributed by atoms with E-state index in [0.29, 0.717) is 12.6 Å². The molecule has 2 aromatic rings. The molecule has 218 valence electrons. The number of hydrogen-bond acceptors (Lipinski definition) is 9. The summed E-state index contributed by atoms with van der Waals surface area (Å²) in [6.45, 7) is 16.7. The standard InChI is InChI=1S/C32H43N7O2/c1-7-23(12-11-22(2)38-15-17-40-18-16-38)35-29-34-20-24-28(37-29)39(26-19-30(3,4)41-21-31(24,26)5)27-10-8-9-25(36-27)32(33-6)13-14-32/h7-12,20,26,33H,2,13-19,21H2,1,3-6H3,(H,34,35,37)/b12-11-,23-7+/t26-,31-/m1/s1. The van der Waals surface area contributed by atoms with Crippen molar-refractivity contribution < 1.29 is 9.47 Å². The third-order valence-corrected chi connectivity index (χ3v) is 9.25. The predicted molar refractivity (Wildman–Crippen MR) is 162 cm³/mol.